The predicted molar refractivity (Wildman–Crippen MR) is 69.2 cm³/mol. The molecular formula is C14H23N3. The van der Waals surface area contributed by atoms with Gasteiger partial charge in [0.15, 0.2) is 0 Å². The van der Waals surface area contributed by atoms with E-state index in [-0.39, 0.29) is 0 Å². The molecule has 1 N–H and O–H groups in total. The van der Waals surface area contributed by atoms with Crippen LogP contribution in [0.2, 0.25) is 0 Å². The van der Waals surface area contributed by atoms with Gasteiger partial charge in [-0.2, -0.15) is 5.10 Å². The molecule has 0 bridgehead atoms. The van der Waals surface area contributed by atoms with Crippen molar-refractivity contribution in [3.63, 3.8) is 0 Å². The summed E-state index contributed by atoms with van der Waals surface area (Å²) in [4.78, 5) is 0. The molecular weight excluding hydrogens is 210 g/mol. The van der Waals surface area contributed by atoms with Crippen molar-refractivity contribution in [2.24, 2.45) is 0 Å². The summed E-state index contributed by atoms with van der Waals surface area (Å²) in [5.74, 6) is 0.688. The minimum Gasteiger partial charge on any atom is -0.316 e. The van der Waals surface area contributed by atoms with Crippen LogP contribution in [0.25, 0.3) is 0 Å². The molecule has 2 aliphatic rings. The van der Waals surface area contributed by atoms with Gasteiger partial charge in [0, 0.05) is 24.4 Å². The van der Waals surface area contributed by atoms with E-state index in [1.807, 2.05) is 6.20 Å². The van der Waals surface area contributed by atoms with Gasteiger partial charge in [0.05, 0.1) is 6.04 Å². The Morgan fingerprint density at radius 2 is 2.00 bits per heavy atom. The van der Waals surface area contributed by atoms with E-state index < -0.39 is 0 Å². The summed E-state index contributed by atoms with van der Waals surface area (Å²) in [6.45, 7) is 2.33. The van der Waals surface area contributed by atoms with Crippen LogP contribution in [-0.2, 0) is 0 Å². The van der Waals surface area contributed by atoms with Crippen LogP contribution in [0.1, 0.15) is 62.6 Å². The smallest absolute Gasteiger partial charge is 0.0522 e. The third-order valence-electron chi connectivity index (χ3n) is 4.34. The minimum atomic E-state index is 0.677. The summed E-state index contributed by atoms with van der Waals surface area (Å²) in [6.07, 6.45) is 11.5. The van der Waals surface area contributed by atoms with Crippen LogP contribution in [0, 0.1) is 0 Å². The highest BCUT2D eigenvalue weighted by atomic mass is 15.3. The summed E-state index contributed by atoms with van der Waals surface area (Å²) in [5, 5.41) is 8.12. The van der Waals surface area contributed by atoms with Crippen molar-refractivity contribution in [2.45, 2.75) is 56.9 Å². The van der Waals surface area contributed by atoms with Gasteiger partial charge in [0.1, 0.15) is 0 Å². The SMILES string of the molecule is c1cc(C2CCCNC2)n(C2CCCCC2)n1. The Hall–Kier alpha value is -0.830. The van der Waals surface area contributed by atoms with Gasteiger partial charge < -0.3 is 5.32 Å². The Kier molecular flexibility index (Phi) is 3.46. The van der Waals surface area contributed by atoms with Gasteiger partial charge in [-0.05, 0) is 38.3 Å². The lowest BCUT2D eigenvalue weighted by atomic mass is 9.92. The maximum Gasteiger partial charge on any atom is 0.0522 e. The summed E-state index contributed by atoms with van der Waals surface area (Å²) >= 11 is 0. The molecule has 3 heteroatoms. The van der Waals surface area contributed by atoms with Gasteiger partial charge in [0.2, 0.25) is 0 Å². The van der Waals surface area contributed by atoms with E-state index in [1.54, 1.807) is 0 Å². The van der Waals surface area contributed by atoms with Crippen molar-refractivity contribution in [1.82, 2.24) is 15.1 Å². The van der Waals surface area contributed by atoms with Gasteiger partial charge in [-0.3, -0.25) is 4.68 Å². The van der Waals surface area contributed by atoms with Crippen molar-refractivity contribution in [2.75, 3.05) is 13.1 Å². The third kappa shape index (κ3) is 2.39. The van der Waals surface area contributed by atoms with E-state index in [0.717, 1.165) is 6.54 Å². The van der Waals surface area contributed by atoms with Gasteiger partial charge in [-0.1, -0.05) is 19.3 Å². The predicted octanol–water partition coefficient (Wildman–Crippen LogP) is 2.86. The number of nitrogens with zero attached hydrogens (tertiary/aromatic N) is 2. The molecule has 3 rings (SSSR count). The van der Waals surface area contributed by atoms with Crippen molar-refractivity contribution in [3.8, 4) is 0 Å². The molecule has 1 aliphatic heterocycles. The van der Waals surface area contributed by atoms with Crippen LogP contribution in [0.15, 0.2) is 12.3 Å². The summed E-state index contributed by atoms with van der Waals surface area (Å²) < 4.78 is 2.34. The first-order chi connectivity index (χ1) is 8.45. The Morgan fingerprint density at radius 3 is 2.76 bits per heavy atom. The van der Waals surface area contributed by atoms with E-state index in [0.29, 0.717) is 12.0 Å². The molecule has 94 valence electrons. The van der Waals surface area contributed by atoms with Crippen LogP contribution in [0.4, 0.5) is 0 Å². The molecule has 17 heavy (non-hydrogen) atoms. The first-order valence-corrected chi connectivity index (χ1v) is 7.19. The normalized spacial score (nSPS) is 27.2. The molecule has 0 spiro atoms. The maximum absolute atomic E-state index is 4.60. The van der Waals surface area contributed by atoms with Crippen molar-refractivity contribution >= 4 is 0 Å². The molecule has 1 aromatic heterocycles. The number of nitrogens with one attached hydrogen (secondary N) is 1. The first-order valence-electron chi connectivity index (χ1n) is 7.19. The largest absolute Gasteiger partial charge is 0.316 e. The highest BCUT2D eigenvalue weighted by Gasteiger charge is 2.23. The summed E-state index contributed by atoms with van der Waals surface area (Å²) in [7, 11) is 0. The molecule has 1 unspecified atom stereocenters. The van der Waals surface area contributed by atoms with Crippen LogP contribution < -0.4 is 5.32 Å². The minimum absolute atomic E-state index is 0.677. The lowest BCUT2D eigenvalue weighted by Gasteiger charge is -2.28. The first kappa shape index (κ1) is 11.3. The van der Waals surface area contributed by atoms with Crippen molar-refractivity contribution < 1.29 is 0 Å². The van der Waals surface area contributed by atoms with Crippen LogP contribution in [0.5, 0.6) is 0 Å². The second kappa shape index (κ2) is 5.21. The molecule has 2 heterocycles. The number of rotatable bonds is 2. The molecule has 0 aromatic carbocycles. The number of hydrogen-bond donors (Lipinski definition) is 1. The second-order valence-corrected chi connectivity index (χ2v) is 5.54. The van der Waals surface area contributed by atoms with Crippen LogP contribution in [0.3, 0.4) is 0 Å². The van der Waals surface area contributed by atoms with Crippen LogP contribution >= 0.6 is 0 Å². The fourth-order valence-corrected chi connectivity index (χ4v) is 3.38. The fourth-order valence-electron chi connectivity index (χ4n) is 3.38. The highest BCUT2D eigenvalue weighted by molar-refractivity contribution is 5.11. The van der Waals surface area contributed by atoms with Gasteiger partial charge in [0.25, 0.3) is 0 Å². The number of hydrogen-bond acceptors (Lipinski definition) is 2. The Bertz CT molecular complexity index is 314. The Labute approximate surface area is 104 Å². The van der Waals surface area contributed by atoms with E-state index >= 15 is 0 Å². The van der Waals surface area contributed by atoms with E-state index in [9.17, 15) is 0 Å². The van der Waals surface area contributed by atoms with Gasteiger partial charge in [-0.15, -0.1) is 0 Å². The average Bonchev–Trinajstić information content (AvgIpc) is 2.90. The second-order valence-electron chi connectivity index (χ2n) is 5.54. The monoisotopic (exact) mass is 233 g/mol. The molecule has 1 saturated heterocycles. The molecule has 0 radical (unpaired) electrons. The van der Waals surface area contributed by atoms with Gasteiger partial charge >= 0.3 is 0 Å². The Balaban J connectivity index is 1.77. The van der Waals surface area contributed by atoms with E-state index in [4.69, 9.17) is 0 Å². The molecule has 3 nitrogen and oxygen atoms in total. The van der Waals surface area contributed by atoms with Crippen LogP contribution in [-0.4, -0.2) is 22.9 Å². The molecule has 1 saturated carbocycles. The van der Waals surface area contributed by atoms with E-state index in [1.165, 1.54) is 57.2 Å². The van der Waals surface area contributed by atoms with Crippen molar-refractivity contribution in [1.29, 1.82) is 0 Å². The highest BCUT2D eigenvalue weighted by Crippen LogP contribution is 2.32. The van der Waals surface area contributed by atoms with Gasteiger partial charge in [-0.25, -0.2) is 0 Å². The topological polar surface area (TPSA) is 29.9 Å². The molecule has 1 atom stereocenters. The third-order valence-corrected chi connectivity index (χ3v) is 4.34. The number of piperidine rings is 1. The zero-order valence-electron chi connectivity index (χ0n) is 10.6. The van der Waals surface area contributed by atoms with E-state index in [2.05, 4.69) is 21.2 Å². The average molecular weight is 233 g/mol. The fraction of sp³-hybridized carbons (Fsp3) is 0.786. The Morgan fingerprint density at radius 1 is 1.12 bits per heavy atom. The molecule has 1 aliphatic carbocycles. The molecule has 0 amide bonds. The maximum atomic E-state index is 4.60. The zero-order chi connectivity index (χ0) is 11.5. The number of aromatic nitrogens is 2. The lowest BCUT2D eigenvalue weighted by Crippen LogP contribution is -2.30. The standard InChI is InChI=1S/C14H23N3/c1-2-6-13(7-3-1)17-14(8-10-16-17)12-5-4-9-15-11-12/h8,10,12-13,15H,1-7,9,11H2. The molecule has 1 aromatic rings. The summed E-state index contributed by atoms with van der Waals surface area (Å²) in [5.41, 5.74) is 1.48. The lowest BCUT2D eigenvalue weighted by molar-refractivity contribution is 0.310. The zero-order valence-corrected chi connectivity index (χ0v) is 10.6. The quantitative estimate of drug-likeness (QED) is 0.851. The summed E-state index contributed by atoms with van der Waals surface area (Å²) in [6, 6.07) is 2.92. The molecule has 2 fully saturated rings. The van der Waals surface area contributed by atoms with Crippen molar-refractivity contribution in [3.05, 3.63) is 18.0 Å².